The number of hydrogen-bond acceptors (Lipinski definition) is 6. The molecule has 0 aliphatic rings. The van der Waals surface area contributed by atoms with Gasteiger partial charge in [0.15, 0.2) is 11.5 Å². The van der Waals surface area contributed by atoms with E-state index in [1.165, 1.54) is 33.5 Å². The summed E-state index contributed by atoms with van der Waals surface area (Å²) in [5.41, 5.74) is 0.141. The van der Waals surface area contributed by atoms with Crippen LogP contribution in [0.2, 0.25) is 0 Å². The lowest BCUT2D eigenvalue weighted by Gasteiger charge is -2.13. The molecule has 0 aliphatic carbocycles. The van der Waals surface area contributed by atoms with Gasteiger partial charge in [0.05, 0.1) is 32.6 Å². The average molecular weight is 309 g/mol. The van der Waals surface area contributed by atoms with Crippen molar-refractivity contribution >= 4 is 23.5 Å². The highest BCUT2D eigenvalue weighted by Crippen LogP contribution is 2.33. The van der Waals surface area contributed by atoms with Gasteiger partial charge < -0.3 is 24.6 Å². The molecule has 0 saturated heterocycles. The first-order valence-corrected chi connectivity index (χ1v) is 5.99. The number of carbonyl (C=O) groups excluding carboxylic acids is 2. The summed E-state index contributed by atoms with van der Waals surface area (Å²) in [6, 6.07) is 2.72. The number of anilines is 1. The molecule has 0 atom stereocenters. The van der Waals surface area contributed by atoms with E-state index in [4.69, 9.17) is 14.6 Å². The summed E-state index contributed by atoms with van der Waals surface area (Å²) in [7, 11) is 3.98. The van der Waals surface area contributed by atoms with Crippen LogP contribution in [-0.2, 0) is 14.3 Å². The van der Waals surface area contributed by atoms with E-state index in [1.54, 1.807) is 0 Å². The quantitative estimate of drug-likeness (QED) is 0.597. The van der Waals surface area contributed by atoms with Gasteiger partial charge in [-0.3, -0.25) is 4.79 Å². The summed E-state index contributed by atoms with van der Waals surface area (Å²) in [6.07, 6.45) is 1.49. The molecule has 0 radical (unpaired) electrons. The normalized spacial score (nSPS) is 10.1. The van der Waals surface area contributed by atoms with Crippen molar-refractivity contribution in [2.75, 3.05) is 26.6 Å². The monoisotopic (exact) mass is 309 g/mol. The van der Waals surface area contributed by atoms with Crippen LogP contribution in [0.1, 0.15) is 10.4 Å². The second kappa shape index (κ2) is 7.67. The largest absolute Gasteiger partial charge is 0.493 e. The lowest BCUT2D eigenvalue weighted by molar-refractivity contribution is -0.131. The molecule has 0 bridgehead atoms. The molecule has 8 heteroatoms. The first-order valence-electron chi connectivity index (χ1n) is 5.99. The van der Waals surface area contributed by atoms with E-state index in [2.05, 4.69) is 10.1 Å². The highest BCUT2D eigenvalue weighted by molar-refractivity contribution is 6.07. The molecule has 0 aliphatic heterocycles. The van der Waals surface area contributed by atoms with Crippen molar-refractivity contribution in [3.8, 4) is 11.5 Å². The zero-order valence-electron chi connectivity index (χ0n) is 12.2. The van der Waals surface area contributed by atoms with E-state index >= 15 is 0 Å². The zero-order valence-corrected chi connectivity index (χ0v) is 12.2. The second-order valence-corrected chi connectivity index (χ2v) is 3.91. The van der Waals surface area contributed by atoms with Crippen LogP contribution in [0.5, 0.6) is 11.5 Å². The Balaban J connectivity index is 3.22. The van der Waals surface area contributed by atoms with Crippen LogP contribution in [0, 0.1) is 0 Å². The van der Waals surface area contributed by atoms with Crippen molar-refractivity contribution in [2.24, 2.45) is 0 Å². The molecular weight excluding hydrogens is 294 g/mol. The minimum Gasteiger partial charge on any atom is -0.493 e. The third-order valence-corrected chi connectivity index (χ3v) is 2.56. The third-order valence-electron chi connectivity index (χ3n) is 2.56. The first-order chi connectivity index (χ1) is 10.4. The van der Waals surface area contributed by atoms with E-state index in [-0.39, 0.29) is 22.7 Å². The maximum Gasteiger partial charge on any atom is 0.340 e. The minimum absolute atomic E-state index is 0.0391. The Morgan fingerprint density at radius 1 is 1.05 bits per heavy atom. The van der Waals surface area contributed by atoms with Gasteiger partial charge in [0.2, 0.25) is 5.91 Å². The Kier molecular flexibility index (Phi) is 5.94. The fraction of sp³-hybridized carbons (Fsp3) is 0.214. The molecule has 0 spiro atoms. The molecule has 0 saturated carbocycles. The molecular formula is C14H15NO7. The Morgan fingerprint density at radius 2 is 1.64 bits per heavy atom. The van der Waals surface area contributed by atoms with E-state index in [0.29, 0.717) is 6.08 Å². The third kappa shape index (κ3) is 4.23. The average Bonchev–Trinajstić information content (AvgIpc) is 2.51. The van der Waals surface area contributed by atoms with Crippen LogP contribution in [0.25, 0.3) is 0 Å². The predicted molar refractivity (Wildman–Crippen MR) is 76.3 cm³/mol. The van der Waals surface area contributed by atoms with Crippen molar-refractivity contribution in [3.05, 3.63) is 29.8 Å². The van der Waals surface area contributed by atoms with Crippen LogP contribution >= 0.6 is 0 Å². The van der Waals surface area contributed by atoms with E-state index in [9.17, 15) is 14.4 Å². The number of carboxylic acids is 1. The van der Waals surface area contributed by atoms with Gasteiger partial charge in [-0.25, -0.2) is 9.59 Å². The maximum atomic E-state index is 11.8. The Morgan fingerprint density at radius 3 is 2.14 bits per heavy atom. The summed E-state index contributed by atoms with van der Waals surface area (Å²) in [5.74, 6) is -2.12. The molecule has 1 aromatic carbocycles. The van der Waals surface area contributed by atoms with Crippen molar-refractivity contribution in [2.45, 2.75) is 0 Å². The molecule has 118 valence electrons. The molecule has 0 heterocycles. The van der Waals surface area contributed by atoms with E-state index < -0.39 is 17.8 Å². The number of nitrogens with one attached hydrogen (secondary N) is 1. The highest BCUT2D eigenvalue weighted by atomic mass is 16.5. The van der Waals surface area contributed by atoms with Crippen LogP contribution < -0.4 is 14.8 Å². The van der Waals surface area contributed by atoms with Crippen molar-refractivity contribution in [1.82, 2.24) is 0 Å². The summed E-state index contributed by atoms with van der Waals surface area (Å²) in [4.78, 5) is 33.8. The summed E-state index contributed by atoms with van der Waals surface area (Å²) >= 11 is 0. The van der Waals surface area contributed by atoms with Crippen LogP contribution in [-0.4, -0.2) is 44.3 Å². The van der Waals surface area contributed by atoms with Gasteiger partial charge in [0.1, 0.15) is 0 Å². The van der Waals surface area contributed by atoms with Gasteiger partial charge in [-0.2, -0.15) is 0 Å². The predicted octanol–water partition coefficient (Wildman–Crippen LogP) is 1.07. The molecule has 1 aromatic rings. The zero-order chi connectivity index (χ0) is 16.7. The Labute approximate surface area is 126 Å². The second-order valence-electron chi connectivity index (χ2n) is 3.91. The first kappa shape index (κ1) is 17.0. The SMILES string of the molecule is COC(=O)c1cc(OC)c(OC)cc1NC(=O)/C=C\C(=O)O. The Hall–Kier alpha value is -3.03. The number of aliphatic carboxylic acids is 1. The van der Waals surface area contributed by atoms with Crippen molar-refractivity contribution < 1.29 is 33.7 Å². The fourth-order valence-corrected chi connectivity index (χ4v) is 1.58. The van der Waals surface area contributed by atoms with Gasteiger partial charge in [-0.05, 0) is 0 Å². The van der Waals surface area contributed by atoms with Crippen molar-refractivity contribution in [3.63, 3.8) is 0 Å². The number of amides is 1. The van der Waals surface area contributed by atoms with Crippen LogP contribution in [0.3, 0.4) is 0 Å². The van der Waals surface area contributed by atoms with Gasteiger partial charge in [0.25, 0.3) is 0 Å². The fourth-order valence-electron chi connectivity index (χ4n) is 1.58. The molecule has 1 amide bonds. The number of methoxy groups -OCH3 is 3. The standard InChI is InChI=1S/C14H15NO7/c1-20-10-6-8(14(19)22-3)9(7-11(10)21-2)15-12(16)4-5-13(17)18/h4-7H,1-3H3,(H,15,16)(H,17,18)/b5-4-. The molecule has 22 heavy (non-hydrogen) atoms. The van der Waals surface area contributed by atoms with E-state index in [0.717, 1.165) is 6.08 Å². The summed E-state index contributed by atoms with van der Waals surface area (Å²) in [5, 5.41) is 10.9. The minimum atomic E-state index is -1.27. The number of carboxylic acid groups (broad SMARTS) is 1. The van der Waals surface area contributed by atoms with Crippen molar-refractivity contribution in [1.29, 1.82) is 0 Å². The Bertz CT molecular complexity index is 622. The molecule has 0 unspecified atom stereocenters. The number of ether oxygens (including phenoxy) is 3. The highest BCUT2D eigenvalue weighted by Gasteiger charge is 2.18. The number of hydrogen-bond donors (Lipinski definition) is 2. The topological polar surface area (TPSA) is 111 Å². The number of rotatable bonds is 6. The van der Waals surface area contributed by atoms with Crippen LogP contribution in [0.15, 0.2) is 24.3 Å². The van der Waals surface area contributed by atoms with Gasteiger partial charge in [-0.1, -0.05) is 0 Å². The molecule has 1 rings (SSSR count). The number of carbonyl (C=O) groups is 3. The van der Waals surface area contributed by atoms with Crippen LogP contribution in [0.4, 0.5) is 5.69 Å². The maximum absolute atomic E-state index is 11.8. The number of benzene rings is 1. The molecule has 0 fully saturated rings. The van der Waals surface area contributed by atoms with E-state index in [1.807, 2.05) is 0 Å². The van der Waals surface area contributed by atoms with Gasteiger partial charge in [-0.15, -0.1) is 0 Å². The lowest BCUT2D eigenvalue weighted by atomic mass is 10.1. The van der Waals surface area contributed by atoms with Gasteiger partial charge >= 0.3 is 11.9 Å². The molecule has 0 aromatic heterocycles. The van der Waals surface area contributed by atoms with Gasteiger partial charge in [0, 0.05) is 24.3 Å². The smallest absolute Gasteiger partial charge is 0.340 e. The lowest BCUT2D eigenvalue weighted by Crippen LogP contribution is -2.14. The molecule has 2 N–H and O–H groups in total. The number of esters is 1. The summed E-state index contributed by atoms with van der Waals surface area (Å²) in [6.45, 7) is 0. The summed E-state index contributed by atoms with van der Waals surface area (Å²) < 4.78 is 14.8. The molecule has 8 nitrogen and oxygen atoms in total.